The number of ether oxygens (including phenoxy) is 5. The normalized spacial score (nSPS) is 41.5. The third-order valence-electron chi connectivity index (χ3n) is 10.6. The second kappa shape index (κ2) is 10.0. The summed E-state index contributed by atoms with van der Waals surface area (Å²) >= 11 is 0. The number of esters is 3. The molecule has 15 nitrogen and oxygen atoms in total. The first kappa shape index (κ1) is 30.7. The second-order valence-corrected chi connectivity index (χ2v) is 12.9. The number of benzene rings is 2. The van der Waals surface area contributed by atoms with Crippen molar-refractivity contribution >= 4 is 17.9 Å². The van der Waals surface area contributed by atoms with E-state index in [0.29, 0.717) is 5.56 Å². The van der Waals surface area contributed by atoms with Gasteiger partial charge in [0.1, 0.15) is 47.6 Å². The van der Waals surface area contributed by atoms with Gasteiger partial charge in [0, 0.05) is 17.8 Å². The van der Waals surface area contributed by atoms with Crippen molar-refractivity contribution in [2.45, 2.75) is 67.8 Å². The first-order valence-corrected chi connectivity index (χ1v) is 14.7. The number of hydrogen-bond donors (Lipinski definition) is 7. The van der Waals surface area contributed by atoms with E-state index < -0.39 is 107 Å². The molecule has 7 N–H and O–H groups in total. The third kappa shape index (κ3) is 3.77. The van der Waals surface area contributed by atoms with Crippen molar-refractivity contribution in [3.05, 3.63) is 53.6 Å². The molecule has 1 spiro atoms. The number of hydrogen-bond acceptors (Lipinski definition) is 15. The Balaban J connectivity index is 1.10. The molecule has 46 heavy (non-hydrogen) atoms. The molecule has 15 heteroatoms. The van der Waals surface area contributed by atoms with Crippen LogP contribution in [0.2, 0.25) is 0 Å². The van der Waals surface area contributed by atoms with Crippen molar-refractivity contribution in [3.8, 4) is 17.2 Å². The first-order valence-electron chi connectivity index (χ1n) is 14.7. The maximum absolute atomic E-state index is 13.6. The quantitative estimate of drug-likeness (QED) is 0.109. The predicted molar refractivity (Wildman–Crippen MR) is 147 cm³/mol. The number of aliphatic hydroxyl groups is 4. The fourth-order valence-electron chi connectivity index (χ4n) is 8.53. The van der Waals surface area contributed by atoms with Crippen LogP contribution >= 0.6 is 0 Å². The molecule has 11 atom stereocenters. The Kier molecular flexibility index (Phi) is 6.67. The number of rotatable bonds is 8. The average Bonchev–Trinajstić information content (AvgIpc) is 3.55. The lowest BCUT2D eigenvalue weighted by molar-refractivity contribution is -0.363. The van der Waals surface area contributed by atoms with Crippen LogP contribution < -0.4 is 0 Å². The van der Waals surface area contributed by atoms with Crippen molar-refractivity contribution in [1.82, 2.24) is 0 Å². The van der Waals surface area contributed by atoms with Gasteiger partial charge in [-0.1, -0.05) is 18.2 Å². The van der Waals surface area contributed by atoms with E-state index in [9.17, 15) is 50.1 Å². The van der Waals surface area contributed by atoms with Gasteiger partial charge in [-0.25, -0.2) is 9.59 Å². The fraction of sp³-hybridized carbons (Fsp3) is 0.516. The van der Waals surface area contributed by atoms with Crippen LogP contribution in [-0.4, -0.2) is 115 Å². The number of aromatic hydroxyl groups is 3. The zero-order chi connectivity index (χ0) is 33.0. The molecule has 2 aromatic rings. The van der Waals surface area contributed by atoms with Crippen LogP contribution in [0.4, 0.5) is 0 Å². The number of carbonyl (C=O) groups excluding carboxylic acids is 3. The lowest BCUT2D eigenvalue weighted by Crippen LogP contribution is -2.70. The van der Waals surface area contributed by atoms with Crippen LogP contribution in [0.15, 0.2) is 42.5 Å². The smallest absolute Gasteiger partial charge is 0.338 e. The monoisotopic (exact) mass is 644 g/mol. The van der Waals surface area contributed by atoms with E-state index in [1.807, 2.05) is 0 Å². The second-order valence-electron chi connectivity index (χ2n) is 12.9. The summed E-state index contributed by atoms with van der Waals surface area (Å²) in [6.45, 7) is 0.687. The zero-order valence-electron chi connectivity index (χ0n) is 24.3. The van der Waals surface area contributed by atoms with E-state index >= 15 is 0 Å². The first-order chi connectivity index (χ1) is 21.7. The summed E-state index contributed by atoms with van der Waals surface area (Å²) < 4.78 is 28.8. The van der Waals surface area contributed by atoms with Crippen LogP contribution in [0.3, 0.4) is 0 Å². The Morgan fingerprint density at radius 1 is 0.913 bits per heavy atom. The highest BCUT2D eigenvalue weighted by molar-refractivity contribution is 5.94. The molecule has 0 amide bonds. The van der Waals surface area contributed by atoms with Gasteiger partial charge in [-0.2, -0.15) is 0 Å². The van der Waals surface area contributed by atoms with Crippen LogP contribution in [-0.2, 0) is 28.5 Å². The third-order valence-corrected chi connectivity index (χ3v) is 10.6. The largest absolute Gasteiger partial charge is 0.504 e. The molecule has 5 aliphatic rings. The van der Waals surface area contributed by atoms with Gasteiger partial charge in [0.2, 0.25) is 0 Å². The summed E-state index contributed by atoms with van der Waals surface area (Å²) in [5.41, 5.74) is -5.37. The molecular weight excluding hydrogens is 612 g/mol. The molecule has 0 radical (unpaired) electrons. The van der Waals surface area contributed by atoms with Gasteiger partial charge in [-0.3, -0.25) is 4.79 Å². The van der Waals surface area contributed by atoms with Gasteiger partial charge in [0.05, 0.1) is 23.8 Å². The van der Waals surface area contributed by atoms with E-state index in [0.717, 1.165) is 12.1 Å². The van der Waals surface area contributed by atoms with Crippen molar-refractivity contribution in [3.63, 3.8) is 0 Å². The minimum absolute atomic E-state index is 0.0269. The minimum Gasteiger partial charge on any atom is -0.504 e. The lowest BCUT2D eigenvalue weighted by atomic mass is 9.55. The van der Waals surface area contributed by atoms with Crippen molar-refractivity contribution in [1.29, 1.82) is 0 Å². The molecule has 2 aliphatic heterocycles. The number of phenols is 3. The summed E-state index contributed by atoms with van der Waals surface area (Å²) in [6, 6.07) is 9.94. The van der Waals surface area contributed by atoms with Crippen LogP contribution in [0.5, 0.6) is 17.2 Å². The Bertz CT molecular complexity index is 1590. The molecular formula is C31H32O15. The van der Waals surface area contributed by atoms with E-state index in [-0.39, 0.29) is 25.0 Å². The van der Waals surface area contributed by atoms with Gasteiger partial charge in [-0.15, -0.1) is 0 Å². The van der Waals surface area contributed by atoms with Gasteiger partial charge in [-0.05, 0) is 37.6 Å². The highest BCUT2D eigenvalue weighted by Crippen LogP contribution is 2.94. The maximum Gasteiger partial charge on any atom is 0.338 e. The number of aliphatic hydroxyl groups excluding tert-OH is 4. The Morgan fingerprint density at radius 2 is 1.57 bits per heavy atom. The van der Waals surface area contributed by atoms with E-state index in [2.05, 4.69) is 0 Å². The van der Waals surface area contributed by atoms with Gasteiger partial charge >= 0.3 is 17.9 Å². The summed E-state index contributed by atoms with van der Waals surface area (Å²) in [5.74, 6) is -5.46. The van der Waals surface area contributed by atoms with E-state index in [1.54, 1.807) is 37.3 Å². The van der Waals surface area contributed by atoms with Crippen LogP contribution in [0.25, 0.3) is 0 Å². The highest BCUT2D eigenvalue weighted by Gasteiger charge is 3.06. The molecule has 2 heterocycles. The lowest BCUT2D eigenvalue weighted by Gasteiger charge is -2.55. The Morgan fingerprint density at radius 3 is 2.24 bits per heavy atom. The predicted octanol–water partition coefficient (Wildman–Crippen LogP) is -0.533. The molecule has 2 aromatic carbocycles. The molecule has 7 rings (SSSR count). The van der Waals surface area contributed by atoms with Gasteiger partial charge in [0.15, 0.2) is 23.5 Å². The van der Waals surface area contributed by atoms with Crippen LogP contribution in [0.1, 0.15) is 40.5 Å². The van der Waals surface area contributed by atoms with Crippen LogP contribution in [0, 0.1) is 16.7 Å². The van der Waals surface area contributed by atoms with Gasteiger partial charge in [0.25, 0.3) is 0 Å². The maximum atomic E-state index is 13.6. The molecule has 2 saturated heterocycles. The molecule has 5 unspecified atom stereocenters. The highest BCUT2D eigenvalue weighted by atomic mass is 16.7. The average molecular weight is 645 g/mol. The summed E-state index contributed by atoms with van der Waals surface area (Å²) in [4.78, 5) is 38.9. The van der Waals surface area contributed by atoms with E-state index in [4.69, 9.17) is 23.7 Å². The minimum atomic E-state index is -1.85. The Hall–Kier alpha value is -3.99. The summed E-state index contributed by atoms with van der Waals surface area (Å²) in [6.07, 6.45) is -9.51. The summed E-state index contributed by atoms with van der Waals surface area (Å²) in [5, 5.41) is 72.2. The number of fused-ring (bicyclic) bond motifs is 1. The molecule has 5 fully saturated rings. The van der Waals surface area contributed by atoms with Crippen molar-refractivity contribution in [2.75, 3.05) is 13.2 Å². The fourth-order valence-corrected chi connectivity index (χ4v) is 8.53. The Labute approximate surface area is 260 Å². The summed E-state index contributed by atoms with van der Waals surface area (Å²) in [7, 11) is 0. The van der Waals surface area contributed by atoms with E-state index in [1.165, 1.54) is 0 Å². The molecule has 2 bridgehead atoms. The SMILES string of the molecule is C[C@]12C[C@H](O)[C@@H]3C4(COC(=O)c5ccccc5)C[C@@]1(O[C@@H]1OC(COC(=O)c5cc(O)c(O)c(O)c5)[C@H](O)C(O)C1O)C34C(=O)O2. The van der Waals surface area contributed by atoms with Gasteiger partial charge < -0.3 is 59.4 Å². The number of phenolic OH excluding ortho intramolecular Hbond substituents is 3. The zero-order valence-corrected chi connectivity index (χ0v) is 24.3. The molecule has 3 saturated carbocycles. The van der Waals surface area contributed by atoms with Crippen molar-refractivity contribution in [2.24, 2.45) is 16.7 Å². The number of carbonyl (C=O) groups is 3. The molecule has 246 valence electrons. The molecule has 3 aliphatic carbocycles. The van der Waals surface area contributed by atoms with Crippen molar-refractivity contribution < 1.29 is 73.8 Å². The standard InChI is InChI=1S/C31H32O15/c1-28-9-17(34)23-29(12-43-24(39)13-5-3-2-4-6-13)11-30(28,31(23,29)27(41)46-28)45-26-22(38)21(37)20(36)18(44-26)10-42-25(40)14-7-15(32)19(35)16(33)8-14/h2-8,17-18,20-23,26,32-38H,9-12H2,1H3/t17-,18?,20-,21?,22?,23+,26-,28-,29?,30-,31?/m0/s1. The topological polar surface area (TPSA) is 239 Å². The molecule has 0 aromatic heterocycles.